The summed E-state index contributed by atoms with van der Waals surface area (Å²) in [6, 6.07) is 3.63. The minimum atomic E-state index is -0.0498. The number of alkyl halides is 1. The highest BCUT2D eigenvalue weighted by molar-refractivity contribution is 6.21. The molecule has 0 amide bonds. The largest absolute Gasteiger partial charge is 0.464 e. The molecule has 1 unspecified atom stereocenters. The van der Waals surface area contributed by atoms with Gasteiger partial charge in [0.2, 0.25) is 0 Å². The minimum absolute atomic E-state index is 0.0114. The normalized spacial score (nSPS) is 12.8. The van der Waals surface area contributed by atoms with E-state index in [0.29, 0.717) is 5.76 Å². The molecule has 0 bridgehead atoms. The fourth-order valence-corrected chi connectivity index (χ4v) is 1.15. The highest BCUT2D eigenvalue weighted by Gasteiger charge is 2.03. The number of allylic oxidation sites excluding steroid dienone is 1. The molecular weight excluding hydrogens is 188 g/mol. The Bertz CT molecular complexity index is 268. The number of aliphatic hydroxyl groups is 1. The molecule has 0 fully saturated rings. The highest BCUT2D eigenvalue weighted by atomic mass is 35.5. The smallest absolute Gasteiger partial charge is 0.129 e. The number of aliphatic hydroxyl groups excluding tert-OH is 1. The van der Waals surface area contributed by atoms with Crippen LogP contribution in [0.3, 0.4) is 0 Å². The number of aryl methyl sites for hydroxylation is 1. The first-order chi connectivity index (χ1) is 6.26. The van der Waals surface area contributed by atoms with Crippen LogP contribution >= 0.6 is 11.6 Å². The summed E-state index contributed by atoms with van der Waals surface area (Å²) in [6.45, 7) is 3.54. The maximum absolute atomic E-state index is 8.74. The van der Waals surface area contributed by atoms with E-state index in [1.54, 1.807) is 12.1 Å². The molecule has 3 heteroatoms. The summed E-state index contributed by atoms with van der Waals surface area (Å²) in [5.41, 5.74) is 0. The lowest BCUT2D eigenvalue weighted by Crippen LogP contribution is -1.94. The Balaban J connectivity index is 2.40. The molecule has 0 aliphatic rings. The van der Waals surface area contributed by atoms with Gasteiger partial charge in [0.25, 0.3) is 0 Å². The summed E-state index contributed by atoms with van der Waals surface area (Å²) in [6.07, 6.45) is 3.29. The first-order valence-electron chi connectivity index (χ1n) is 4.21. The highest BCUT2D eigenvalue weighted by Crippen LogP contribution is 2.13. The van der Waals surface area contributed by atoms with Crippen molar-refractivity contribution in [2.45, 2.75) is 24.8 Å². The molecule has 2 nitrogen and oxygen atoms in total. The molecule has 0 spiro atoms. The van der Waals surface area contributed by atoms with E-state index >= 15 is 0 Å². The van der Waals surface area contributed by atoms with Crippen molar-refractivity contribution in [3.63, 3.8) is 0 Å². The molecule has 0 aromatic carbocycles. The molecule has 1 aromatic heterocycles. The summed E-state index contributed by atoms with van der Waals surface area (Å²) in [5.74, 6) is 1.45. The quantitative estimate of drug-likeness (QED) is 0.585. The summed E-state index contributed by atoms with van der Waals surface area (Å²) in [7, 11) is 0. The fourth-order valence-electron chi connectivity index (χ4n) is 1.04. The van der Waals surface area contributed by atoms with E-state index in [0.717, 1.165) is 18.6 Å². The molecule has 1 atom stereocenters. The number of furan rings is 1. The van der Waals surface area contributed by atoms with E-state index in [1.807, 2.05) is 6.07 Å². The Morgan fingerprint density at radius 3 is 2.77 bits per heavy atom. The monoisotopic (exact) mass is 200 g/mol. The van der Waals surface area contributed by atoms with E-state index in [9.17, 15) is 0 Å². The van der Waals surface area contributed by atoms with Crippen molar-refractivity contribution in [1.82, 2.24) is 0 Å². The predicted molar refractivity (Wildman–Crippen MR) is 52.8 cm³/mol. The van der Waals surface area contributed by atoms with Crippen LogP contribution in [0.2, 0.25) is 0 Å². The molecule has 0 radical (unpaired) electrons. The van der Waals surface area contributed by atoms with Gasteiger partial charge < -0.3 is 9.52 Å². The maximum Gasteiger partial charge on any atom is 0.129 e. The second kappa shape index (κ2) is 5.10. The van der Waals surface area contributed by atoms with Crippen LogP contribution in [0.4, 0.5) is 0 Å². The van der Waals surface area contributed by atoms with Crippen molar-refractivity contribution in [3.05, 3.63) is 36.3 Å². The van der Waals surface area contributed by atoms with Gasteiger partial charge in [-0.3, -0.25) is 0 Å². The molecule has 1 aromatic rings. The van der Waals surface area contributed by atoms with E-state index < -0.39 is 0 Å². The zero-order valence-corrected chi connectivity index (χ0v) is 8.13. The van der Waals surface area contributed by atoms with Crippen molar-refractivity contribution >= 4 is 11.6 Å². The van der Waals surface area contributed by atoms with E-state index in [4.69, 9.17) is 21.1 Å². The van der Waals surface area contributed by atoms with Gasteiger partial charge in [-0.05, 0) is 18.6 Å². The number of rotatable bonds is 5. The summed E-state index contributed by atoms with van der Waals surface area (Å²) in [4.78, 5) is 0. The van der Waals surface area contributed by atoms with Gasteiger partial charge in [0.05, 0.1) is 5.38 Å². The molecule has 0 saturated heterocycles. The van der Waals surface area contributed by atoms with Gasteiger partial charge in [0.15, 0.2) is 0 Å². The van der Waals surface area contributed by atoms with Crippen LogP contribution in [0.5, 0.6) is 0 Å². The average molecular weight is 201 g/mol. The Morgan fingerprint density at radius 2 is 2.23 bits per heavy atom. The molecule has 1 rings (SSSR count). The van der Waals surface area contributed by atoms with Crippen LogP contribution in [0.15, 0.2) is 29.2 Å². The first-order valence-corrected chi connectivity index (χ1v) is 4.65. The van der Waals surface area contributed by atoms with Crippen LogP contribution in [-0.4, -0.2) is 10.5 Å². The van der Waals surface area contributed by atoms with E-state index in [1.165, 1.54) is 0 Å². The second-order valence-corrected chi connectivity index (χ2v) is 3.38. The SMILES string of the molecule is C=CC(Cl)CCc1ccc(CO)o1. The molecule has 0 aliphatic heterocycles. The lowest BCUT2D eigenvalue weighted by molar-refractivity contribution is 0.243. The van der Waals surface area contributed by atoms with Crippen molar-refractivity contribution < 1.29 is 9.52 Å². The average Bonchev–Trinajstić information content (AvgIpc) is 2.61. The Hall–Kier alpha value is -0.730. The zero-order valence-electron chi connectivity index (χ0n) is 7.37. The standard InChI is InChI=1S/C10H13ClO2/c1-2-8(11)3-4-9-5-6-10(7-12)13-9/h2,5-6,8,12H,1,3-4,7H2. The van der Waals surface area contributed by atoms with Crippen LogP contribution in [0, 0.1) is 0 Å². The number of hydrogen-bond acceptors (Lipinski definition) is 2. The Morgan fingerprint density at radius 1 is 1.54 bits per heavy atom. The molecule has 0 aliphatic carbocycles. The maximum atomic E-state index is 8.74. The second-order valence-electron chi connectivity index (χ2n) is 2.82. The van der Waals surface area contributed by atoms with Crippen molar-refractivity contribution in [3.8, 4) is 0 Å². The third-order valence-electron chi connectivity index (χ3n) is 1.80. The minimum Gasteiger partial charge on any atom is -0.464 e. The van der Waals surface area contributed by atoms with E-state index in [2.05, 4.69) is 6.58 Å². The van der Waals surface area contributed by atoms with E-state index in [-0.39, 0.29) is 12.0 Å². The molecule has 72 valence electrons. The van der Waals surface area contributed by atoms with Gasteiger partial charge in [0, 0.05) is 6.42 Å². The topological polar surface area (TPSA) is 33.4 Å². The third-order valence-corrected chi connectivity index (χ3v) is 2.19. The lowest BCUT2D eigenvalue weighted by atomic mass is 10.2. The first kappa shape index (κ1) is 10.4. The fraction of sp³-hybridized carbons (Fsp3) is 0.400. The summed E-state index contributed by atoms with van der Waals surface area (Å²) < 4.78 is 5.28. The molecule has 13 heavy (non-hydrogen) atoms. The van der Waals surface area contributed by atoms with Crippen LogP contribution < -0.4 is 0 Å². The summed E-state index contributed by atoms with van der Waals surface area (Å²) >= 11 is 5.85. The van der Waals surface area contributed by atoms with Crippen molar-refractivity contribution in [2.24, 2.45) is 0 Å². The van der Waals surface area contributed by atoms with Gasteiger partial charge in [-0.1, -0.05) is 6.08 Å². The molecule has 1 N–H and O–H groups in total. The lowest BCUT2D eigenvalue weighted by Gasteiger charge is -2.00. The zero-order chi connectivity index (χ0) is 9.68. The van der Waals surface area contributed by atoms with Gasteiger partial charge in [0.1, 0.15) is 18.1 Å². The molecule has 1 heterocycles. The third kappa shape index (κ3) is 3.25. The Kier molecular flexibility index (Phi) is 4.06. The van der Waals surface area contributed by atoms with Crippen molar-refractivity contribution in [1.29, 1.82) is 0 Å². The van der Waals surface area contributed by atoms with Gasteiger partial charge in [-0.15, -0.1) is 18.2 Å². The van der Waals surface area contributed by atoms with Crippen LogP contribution in [-0.2, 0) is 13.0 Å². The molecule has 0 saturated carbocycles. The predicted octanol–water partition coefficient (Wildman–Crippen LogP) is 2.50. The summed E-state index contributed by atoms with van der Waals surface area (Å²) in [5, 5.41) is 8.73. The molecular formula is C10H13ClO2. The van der Waals surface area contributed by atoms with Crippen LogP contribution in [0.25, 0.3) is 0 Å². The van der Waals surface area contributed by atoms with Gasteiger partial charge >= 0.3 is 0 Å². The number of halogens is 1. The Labute approximate surface area is 82.8 Å². The van der Waals surface area contributed by atoms with Gasteiger partial charge in [-0.25, -0.2) is 0 Å². The number of hydrogen-bond donors (Lipinski definition) is 1. The van der Waals surface area contributed by atoms with Crippen molar-refractivity contribution in [2.75, 3.05) is 0 Å². The van der Waals surface area contributed by atoms with Gasteiger partial charge in [-0.2, -0.15) is 0 Å². The van der Waals surface area contributed by atoms with Crippen LogP contribution in [0.1, 0.15) is 17.9 Å².